The quantitative estimate of drug-likeness (QED) is 0.538. The number of hydrogen-bond donors (Lipinski definition) is 4. The number of thiophene rings is 1. The first-order valence-corrected chi connectivity index (χ1v) is 8.76. The zero-order valence-electron chi connectivity index (χ0n) is 14.0. The SMILES string of the molecule is NC(=O)Nc1sc(-c2ccc(O)cc2)cc1C(=O)NCc1ccc(F)cc1. The van der Waals surface area contributed by atoms with E-state index in [9.17, 15) is 19.1 Å². The Labute approximate surface area is 158 Å². The van der Waals surface area contributed by atoms with E-state index in [-0.39, 0.29) is 23.7 Å². The molecule has 0 radical (unpaired) electrons. The van der Waals surface area contributed by atoms with Gasteiger partial charge in [0.05, 0.1) is 5.56 Å². The van der Waals surface area contributed by atoms with Crippen molar-refractivity contribution in [3.05, 3.63) is 71.5 Å². The monoisotopic (exact) mass is 385 g/mol. The van der Waals surface area contributed by atoms with Gasteiger partial charge in [0, 0.05) is 11.4 Å². The molecule has 0 saturated carbocycles. The molecule has 6 nitrogen and oxygen atoms in total. The fourth-order valence-electron chi connectivity index (χ4n) is 2.41. The number of phenols is 1. The van der Waals surface area contributed by atoms with Gasteiger partial charge in [-0.25, -0.2) is 9.18 Å². The van der Waals surface area contributed by atoms with Crippen LogP contribution < -0.4 is 16.4 Å². The predicted octanol–water partition coefficient (Wildman–Crippen LogP) is 3.68. The third-order valence-electron chi connectivity index (χ3n) is 3.73. The van der Waals surface area contributed by atoms with Crippen molar-refractivity contribution >= 4 is 28.3 Å². The van der Waals surface area contributed by atoms with Crippen molar-refractivity contribution in [1.29, 1.82) is 0 Å². The van der Waals surface area contributed by atoms with E-state index in [1.165, 1.54) is 35.6 Å². The number of urea groups is 1. The van der Waals surface area contributed by atoms with Crippen molar-refractivity contribution in [2.45, 2.75) is 6.54 Å². The summed E-state index contributed by atoms with van der Waals surface area (Å²) in [6.07, 6.45) is 0. The van der Waals surface area contributed by atoms with Crippen LogP contribution >= 0.6 is 11.3 Å². The zero-order valence-corrected chi connectivity index (χ0v) is 14.8. The molecule has 0 aliphatic rings. The summed E-state index contributed by atoms with van der Waals surface area (Å²) < 4.78 is 13.0. The average Bonchev–Trinajstić information content (AvgIpc) is 3.04. The number of anilines is 1. The van der Waals surface area contributed by atoms with Crippen LogP contribution in [0.4, 0.5) is 14.2 Å². The maximum absolute atomic E-state index is 13.0. The topological polar surface area (TPSA) is 104 Å². The largest absolute Gasteiger partial charge is 0.508 e. The van der Waals surface area contributed by atoms with Crippen LogP contribution in [0.1, 0.15) is 15.9 Å². The molecular weight excluding hydrogens is 369 g/mol. The van der Waals surface area contributed by atoms with E-state index in [2.05, 4.69) is 10.6 Å². The maximum atomic E-state index is 13.0. The molecule has 27 heavy (non-hydrogen) atoms. The lowest BCUT2D eigenvalue weighted by Gasteiger charge is -2.06. The molecule has 2 aromatic carbocycles. The van der Waals surface area contributed by atoms with Crippen molar-refractivity contribution in [1.82, 2.24) is 5.32 Å². The van der Waals surface area contributed by atoms with E-state index in [0.29, 0.717) is 5.00 Å². The third-order valence-corrected chi connectivity index (χ3v) is 4.83. The standard InChI is InChI=1S/C19H16FN3O3S/c20-13-5-1-11(2-6-13)10-22-17(25)15-9-16(27-18(15)23-19(21)26)12-3-7-14(24)8-4-12/h1-9,24H,10H2,(H,22,25)(H3,21,23,26). The highest BCUT2D eigenvalue weighted by molar-refractivity contribution is 7.20. The van der Waals surface area contributed by atoms with Crippen LogP contribution in [0, 0.1) is 5.82 Å². The summed E-state index contributed by atoms with van der Waals surface area (Å²) in [6, 6.07) is 13.1. The number of benzene rings is 2. The molecule has 8 heteroatoms. The van der Waals surface area contributed by atoms with Crippen molar-refractivity contribution in [2.75, 3.05) is 5.32 Å². The Balaban J connectivity index is 1.83. The van der Waals surface area contributed by atoms with Gasteiger partial charge in [-0.1, -0.05) is 12.1 Å². The summed E-state index contributed by atoms with van der Waals surface area (Å²) in [5, 5.41) is 14.9. The van der Waals surface area contributed by atoms with E-state index < -0.39 is 11.9 Å². The molecule has 0 saturated heterocycles. The molecule has 0 atom stereocenters. The molecule has 0 bridgehead atoms. The molecular formula is C19H16FN3O3S. The smallest absolute Gasteiger partial charge is 0.317 e. The number of rotatable bonds is 5. The number of nitrogens with one attached hydrogen (secondary N) is 2. The molecule has 3 aromatic rings. The van der Waals surface area contributed by atoms with Gasteiger partial charge in [0.15, 0.2) is 0 Å². The Morgan fingerprint density at radius 3 is 2.37 bits per heavy atom. The highest BCUT2D eigenvalue weighted by atomic mass is 32.1. The molecule has 3 amide bonds. The Kier molecular flexibility index (Phi) is 5.37. The number of halogens is 1. The van der Waals surface area contributed by atoms with Crippen LogP contribution in [0.15, 0.2) is 54.6 Å². The van der Waals surface area contributed by atoms with Crippen molar-refractivity contribution < 1.29 is 19.1 Å². The minimum atomic E-state index is -0.776. The van der Waals surface area contributed by atoms with Gasteiger partial charge in [0.1, 0.15) is 16.6 Å². The molecule has 1 heterocycles. The van der Waals surface area contributed by atoms with Gasteiger partial charge in [0.2, 0.25) is 0 Å². The molecule has 0 unspecified atom stereocenters. The van der Waals surface area contributed by atoms with Gasteiger partial charge in [-0.3, -0.25) is 10.1 Å². The molecule has 3 rings (SSSR count). The van der Waals surface area contributed by atoms with E-state index in [0.717, 1.165) is 16.0 Å². The first kappa shape index (κ1) is 18.4. The normalized spacial score (nSPS) is 10.4. The van der Waals surface area contributed by atoms with Gasteiger partial charge >= 0.3 is 6.03 Å². The van der Waals surface area contributed by atoms with Crippen LogP contribution in [-0.2, 0) is 6.54 Å². The number of primary amides is 1. The highest BCUT2D eigenvalue weighted by Gasteiger charge is 2.18. The first-order valence-electron chi connectivity index (χ1n) is 7.94. The van der Waals surface area contributed by atoms with Crippen LogP contribution in [-0.4, -0.2) is 17.0 Å². The Bertz CT molecular complexity index is 969. The number of carbonyl (C=O) groups excluding carboxylic acids is 2. The van der Waals surface area contributed by atoms with Gasteiger partial charge in [-0.15, -0.1) is 11.3 Å². The Hall–Kier alpha value is -3.39. The molecule has 0 fully saturated rings. The number of phenolic OH excluding ortho intramolecular Hbond substituents is 1. The number of aromatic hydroxyl groups is 1. The van der Waals surface area contributed by atoms with E-state index >= 15 is 0 Å². The average molecular weight is 385 g/mol. The van der Waals surface area contributed by atoms with Crippen LogP contribution in [0.25, 0.3) is 10.4 Å². The molecule has 0 spiro atoms. The summed E-state index contributed by atoms with van der Waals surface area (Å²) in [4.78, 5) is 24.6. The van der Waals surface area contributed by atoms with Crippen molar-refractivity contribution in [3.63, 3.8) is 0 Å². The van der Waals surface area contributed by atoms with Crippen LogP contribution in [0.2, 0.25) is 0 Å². The lowest BCUT2D eigenvalue weighted by atomic mass is 10.1. The number of hydrogen-bond acceptors (Lipinski definition) is 4. The van der Waals surface area contributed by atoms with Crippen LogP contribution in [0.5, 0.6) is 5.75 Å². The third kappa shape index (κ3) is 4.62. The number of amides is 3. The summed E-state index contributed by atoms with van der Waals surface area (Å²) in [6.45, 7) is 0.208. The van der Waals surface area contributed by atoms with Gasteiger partial charge in [0.25, 0.3) is 5.91 Å². The molecule has 5 N–H and O–H groups in total. The van der Waals surface area contributed by atoms with Gasteiger partial charge in [-0.2, -0.15) is 0 Å². The molecule has 138 valence electrons. The number of nitrogens with two attached hydrogens (primary N) is 1. The summed E-state index contributed by atoms with van der Waals surface area (Å²) in [7, 11) is 0. The summed E-state index contributed by atoms with van der Waals surface area (Å²) in [5.41, 5.74) is 6.98. The first-order chi connectivity index (χ1) is 12.9. The Morgan fingerprint density at radius 1 is 1.07 bits per heavy atom. The van der Waals surface area contributed by atoms with E-state index in [1.807, 2.05) is 0 Å². The fraction of sp³-hybridized carbons (Fsp3) is 0.0526. The lowest BCUT2D eigenvalue weighted by Crippen LogP contribution is -2.25. The fourth-order valence-corrected chi connectivity index (χ4v) is 3.48. The maximum Gasteiger partial charge on any atom is 0.317 e. The minimum absolute atomic E-state index is 0.128. The minimum Gasteiger partial charge on any atom is -0.508 e. The van der Waals surface area contributed by atoms with E-state index in [4.69, 9.17) is 5.73 Å². The van der Waals surface area contributed by atoms with Gasteiger partial charge in [-0.05, 0) is 53.6 Å². The van der Waals surface area contributed by atoms with Crippen molar-refractivity contribution in [3.8, 4) is 16.2 Å². The van der Waals surface area contributed by atoms with Crippen molar-refractivity contribution in [2.24, 2.45) is 5.73 Å². The molecule has 0 aliphatic heterocycles. The lowest BCUT2D eigenvalue weighted by molar-refractivity contribution is 0.0952. The second kappa shape index (κ2) is 7.88. The van der Waals surface area contributed by atoms with Gasteiger partial charge < -0.3 is 16.2 Å². The second-order valence-corrected chi connectivity index (χ2v) is 6.75. The van der Waals surface area contributed by atoms with Crippen LogP contribution in [0.3, 0.4) is 0 Å². The summed E-state index contributed by atoms with van der Waals surface area (Å²) >= 11 is 1.19. The predicted molar refractivity (Wildman–Crippen MR) is 102 cm³/mol. The highest BCUT2D eigenvalue weighted by Crippen LogP contribution is 2.36. The number of carbonyl (C=O) groups is 2. The second-order valence-electron chi connectivity index (χ2n) is 5.70. The molecule has 0 aliphatic carbocycles. The summed E-state index contributed by atoms with van der Waals surface area (Å²) in [5.74, 6) is -0.623. The van der Waals surface area contributed by atoms with E-state index in [1.54, 1.807) is 30.3 Å². The Morgan fingerprint density at radius 2 is 1.74 bits per heavy atom. The zero-order chi connectivity index (χ0) is 19.4. The molecule has 1 aromatic heterocycles.